The van der Waals surface area contributed by atoms with E-state index in [1.54, 1.807) is 35.2 Å². The fourth-order valence-electron chi connectivity index (χ4n) is 4.37. The van der Waals surface area contributed by atoms with E-state index in [4.69, 9.17) is 0 Å². The third-order valence-electron chi connectivity index (χ3n) is 6.92. The monoisotopic (exact) mass is 531 g/mol. The first-order valence-electron chi connectivity index (χ1n) is 12.8. The van der Waals surface area contributed by atoms with Crippen LogP contribution in [0.15, 0.2) is 55.2 Å². The molecule has 0 N–H and O–H groups in total. The summed E-state index contributed by atoms with van der Waals surface area (Å²) in [6.07, 6.45) is 6.88. The number of carbonyl (C=O) groups excluding carboxylic acids is 2. The van der Waals surface area contributed by atoms with Crippen molar-refractivity contribution in [1.82, 2.24) is 34.4 Å². The van der Waals surface area contributed by atoms with Crippen LogP contribution in [0.5, 0.6) is 0 Å². The number of likely N-dealkylation sites (N-methyl/N-ethyl adjacent to an activating group) is 1. The summed E-state index contributed by atoms with van der Waals surface area (Å²) < 4.78 is 14.7. The largest absolute Gasteiger partial charge is 0.335 e. The maximum Gasteiger partial charge on any atom is 0.257 e. The molecule has 1 fully saturated rings. The van der Waals surface area contributed by atoms with Gasteiger partial charge in [-0.15, -0.1) is 0 Å². The molecule has 5 rings (SSSR count). The number of carbonyl (C=O) groups is 2. The molecule has 3 aromatic heterocycles. The van der Waals surface area contributed by atoms with E-state index in [0.717, 1.165) is 30.8 Å². The molecule has 1 aliphatic rings. The quantitative estimate of drug-likeness (QED) is 0.364. The van der Waals surface area contributed by atoms with Gasteiger partial charge in [-0.2, -0.15) is 5.10 Å². The fourth-order valence-corrected chi connectivity index (χ4v) is 4.37. The molecule has 1 saturated heterocycles. The molecule has 10 heteroatoms. The van der Waals surface area contributed by atoms with E-state index in [2.05, 4.69) is 66.6 Å². The molecular formula is C29H34FN7O2. The van der Waals surface area contributed by atoms with Crippen LogP contribution in [0, 0.1) is 5.82 Å². The molecule has 1 aliphatic heterocycles. The summed E-state index contributed by atoms with van der Waals surface area (Å²) in [5.74, 6) is -0.265. The van der Waals surface area contributed by atoms with Crippen LogP contribution >= 0.6 is 0 Å². The highest BCUT2D eigenvalue weighted by Crippen LogP contribution is 2.29. The van der Waals surface area contributed by atoms with Crippen molar-refractivity contribution in [3.8, 4) is 11.3 Å². The first-order chi connectivity index (χ1) is 18.4. The SMILES string of the molecule is CC(C)(C)c1cc(-c2ccc(F)cc2)nn2cc(C=O)nc12.CN1CCN(C(=O)c2cncnc2)CC1(C)C. The van der Waals surface area contributed by atoms with Crippen LogP contribution in [-0.4, -0.2) is 78.8 Å². The lowest BCUT2D eigenvalue weighted by Crippen LogP contribution is -2.58. The van der Waals surface area contributed by atoms with E-state index >= 15 is 0 Å². The minimum Gasteiger partial charge on any atom is -0.335 e. The number of nitrogens with zero attached hydrogens (tertiary/aromatic N) is 7. The number of imidazole rings is 1. The lowest BCUT2D eigenvalue weighted by molar-refractivity contribution is 0.0311. The summed E-state index contributed by atoms with van der Waals surface area (Å²) in [6.45, 7) is 12.9. The molecule has 4 heterocycles. The number of piperazine rings is 1. The van der Waals surface area contributed by atoms with Crippen LogP contribution in [0.25, 0.3) is 16.9 Å². The number of hydrogen-bond acceptors (Lipinski definition) is 7. The van der Waals surface area contributed by atoms with Gasteiger partial charge in [0.2, 0.25) is 0 Å². The molecule has 0 radical (unpaired) electrons. The van der Waals surface area contributed by atoms with Gasteiger partial charge in [0.15, 0.2) is 11.9 Å². The zero-order chi connectivity index (χ0) is 28.4. The minimum atomic E-state index is -0.285. The van der Waals surface area contributed by atoms with Crippen LogP contribution in [0.2, 0.25) is 0 Å². The van der Waals surface area contributed by atoms with Crippen molar-refractivity contribution in [1.29, 1.82) is 0 Å². The van der Waals surface area contributed by atoms with Gasteiger partial charge in [-0.05, 0) is 56.6 Å². The van der Waals surface area contributed by atoms with Crippen LogP contribution in [-0.2, 0) is 5.41 Å². The maximum atomic E-state index is 13.1. The molecule has 1 aromatic carbocycles. The fraction of sp³-hybridized carbons (Fsp3) is 0.379. The minimum absolute atomic E-state index is 0.0174. The average Bonchev–Trinajstić information content (AvgIpc) is 3.33. The molecule has 0 atom stereocenters. The number of rotatable bonds is 3. The second-order valence-corrected chi connectivity index (χ2v) is 11.3. The number of hydrogen-bond donors (Lipinski definition) is 0. The number of halogens is 1. The van der Waals surface area contributed by atoms with E-state index in [1.165, 1.54) is 18.5 Å². The second kappa shape index (κ2) is 11.0. The van der Waals surface area contributed by atoms with Gasteiger partial charge in [-0.25, -0.2) is 23.9 Å². The second-order valence-electron chi connectivity index (χ2n) is 11.3. The molecule has 0 bridgehead atoms. The summed E-state index contributed by atoms with van der Waals surface area (Å²) in [4.78, 5) is 39.4. The van der Waals surface area contributed by atoms with E-state index in [1.807, 2.05) is 11.0 Å². The number of amides is 1. The van der Waals surface area contributed by atoms with Crippen molar-refractivity contribution < 1.29 is 14.0 Å². The smallest absolute Gasteiger partial charge is 0.257 e. The van der Waals surface area contributed by atoms with Crippen LogP contribution in [0.3, 0.4) is 0 Å². The molecule has 0 saturated carbocycles. The van der Waals surface area contributed by atoms with Crippen molar-refractivity contribution in [2.45, 2.75) is 45.6 Å². The molecule has 204 valence electrons. The zero-order valence-corrected chi connectivity index (χ0v) is 23.2. The molecule has 1 amide bonds. The van der Waals surface area contributed by atoms with Crippen molar-refractivity contribution >= 4 is 17.8 Å². The third-order valence-corrected chi connectivity index (χ3v) is 6.92. The first-order valence-corrected chi connectivity index (χ1v) is 12.8. The van der Waals surface area contributed by atoms with Crippen LogP contribution in [0.4, 0.5) is 4.39 Å². The summed E-state index contributed by atoms with van der Waals surface area (Å²) >= 11 is 0. The van der Waals surface area contributed by atoms with Gasteiger partial charge in [0.1, 0.15) is 17.8 Å². The number of fused-ring (bicyclic) bond motifs is 1. The lowest BCUT2D eigenvalue weighted by Gasteiger charge is -2.45. The van der Waals surface area contributed by atoms with Gasteiger partial charge in [0, 0.05) is 48.7 Å². The van der Waals surface area contributed by atoms with Crippen molar-refractivity contribution in [3.63, 3.8) is 0 Å². The van der Waals surface area contributed by atoms with E-state index in [9.17, 15) is 14.0 Å². The van der Waals surface area contributed by atoms with E-state index in [0.29, 0.717) is 28.9 Å². The number of aromatic nitrogens is 5. The summed E-state index contributed by atoms with van der Waals surface area (Å²) in [7, 11) is 2.09. The van der Waals surface area contributed by atoms with Crippen LogP contribution in [0.1, 0.15) is 61.0 Å². The van der Waals surface area contributed by atoms with Crippen molar-refractivity contribution in [2.24, 2.45) is 0 Å². The molecule has 0 aliphatic carbocycles. The highest BCUT2D eigenvalue weighted by molar-refractivity contribution is 5.93. The Morgan fingerprint density at radius 2 is 1.74 bits per heavy atom. The topological polar surface area (TPSA) is 96.6 Å². The van der Waals surface area contributed by atoms with E-state index in [-0.39, 0.29) is 22.7 Å². The van der Waals surface area contributed by atoms with Crippen molar-refractivity contribution in [2.75, 3.05) is 26.7 Å². The molecule has 9 nitrogen and oxygen atoms in total. The van der Waals surface area contributed by atoms with Gasteiger partial charge in [0.05, 0.1) is 17.5 Å². The van der Waals surface area contributed by atoms with Crippen LogP contribution < -0.4 is 0 Å². The number of aldehydes is 1. The zero-order valence-electron chi connectivity index (χ0n) is 23.2. The Kier molecular flexibility index (Phi) is 7.87. The van der Waals surface area contributed by atoms with Gasteiger partial charge in [0.25, 0.3) is 5.91 Å². The van der Waals surface area contributed by atoms with Crippen molar-refractivity contribution in [3.05, 3.63) is 77.9 Å². The van der Waals surface area contributed by atoms with Gasteiger partial charge < -0.3 is 4.90 Å². The standard InChI is InChI=1S/C17H16FN3O.C12H18N4O/c1-17(2,3)14-8-15(11-4-6-12(18)7-5-11)20-21-9-13(10-22)19-16(14)21;1-12(2)8-16(5-4-15(12)3)11(17)10-6-13-9-14-7-10/h4-10H,1-3H3;6-7,9H,4-5,8H2,1-3H3. The van der Waals surface area contributed by atoms with Gasteiger partial charge >= 0.3 is 0 Å². The van der Waals surface area contributed by atoms with E-state index < -0.39 is 0 Å². The Labute approximate surface area is 227 Å². The molecular weight excluding hydrogens is 497 g/mol. The first kappa shape index (κ1) is 28.0. The Morgan fingerprint density at radius 1 is 1.08 bits per heavy atom. The Hall–Kier alpha value is -4.05. The molecule has 0 spiro atoms. The maximum absolute atomic E-state index is 13.1. The Balaban J connectivity index is 0.000000187. The summed E-state index contributed by atoms with van der Waals surface area (Å²) in [5.41, 5.74) is 3.94. The van der Waals surface area contributed by atoms with Gasteiger partial charge in [-0.3, -0.25) is 14.5 Å². The Morgan fingerprint density at radius 3 is 2.33 bits per heavy atom. The predicted molar refractivity (Wildman–Crippen MR) is 147 cm³/mol. The molecule has 4 aromatic rings. The normalized spacial score (nSPS) is 15.5. The number of benzene rings is 1. The average molecular weight is 532 g/mol. The summed E-state index contributed by atoms with van der Waals surface area (Å²) in [6, 6.07) is 8.14. The predicted octanol–water partition coefficient (Wildman–Crippen LogP) is 4.29. The highest BCUT2D eigenvalue weighted by atomic mass is 19.1. The third kappa shape index (κ3) is 6.34. The molecule has 39 heavy (non-hydrogen) atoms. The highest BCUT2D eigenvalue weighted by Gasteiger charge is 2.33. The molecule has 0 unspecified atom stereocenters. The Bertz CT molecular complexity index is 1460. The summed E-state index contributed by atoms with van der Waals surface area (Å²) in [5, 5.41) is 4.49. The lowest BCUT2D eigenvalue weighted by atomic mass is 9.87. The van der Waals surface area contributed by atoms with Gasteiger partial charge in [-0.1, -0.05) is 20.8 Å².